The zero-order chi connectivity index (χ0) is 25.7. The second kappa shape index (κ2) is 6.44. The Bertz CT molecular complexity index is 1650. The van der Waals surface area contributed by atoms with E-state index in [0.29, 0.717) is 34.2 Å². The van der Waals surface area contributed by atoms with Gasteiger partial charge in [0, 0.05) is 5.56 Å². The maximum atomic E-state index is 13.7. The number of aromatic nitrogens is 2. The highest BCUT2D eigenvalue weighted by atomic mass is 28.3. The molecule has 0 bridgehead atoms. The molecule has 8 rings (SSSR count). The highest BCUT2D eigenvalue weighted by Crippen LogP contribution is 2.91. The molecule has 3 fully saturated rings. The number of hydrogen-bond donors (Lipinski definition) is 1. The number of ether oxygens (including phenoxy) is 1. The van der Waals surface area contributed by atoms with Crippen molar-refractivity contribution >= 4 is 30.1 Å². The van der Waals surface area contributed by atoms with Crippen LogP contribution in [0, 0.1) is 22.7 Å². The second-order valence-electron chi connectivity index (χ2n) is 13.3. The minimum absolute atomic E-state index is 0.105. The lowest BCUT2D eigenvalue weighted by Crippen LogP contribution is -2.46. The van der Waals surface area contributed by atoms with Crippen molar-refractivity contribution < 1.29 is 14.6 Å². The van der Waals surface area contributed by atoms with E-state index in [4.69, 9.17) is 9.72 Å². The fourth-order valence-corrected chi connectivity index (χ4v) is 14.1. The van der Waals surface area contributed by atoms with E-state index in [9.17, 15) is 14.7 Å². The van der Waals surface area contributed by atoms with Gasteiger partial charge < -0.3 is 14.4 Å². The molecule has 2 aliphatic heterocycles. The minimum atomic E-state index is -1.97. The number of cyclic esters (lactones) is 1. The lowest BCUT2D eigenvalue weighted by atomic mass is 9.74. The summed E-state index contributed by atoms with van der Waals surface area (Å²) < 4.78 is 6.96. The van der Waals surface area contributed by atoms with Crippen LogP contribution >= 0.6 is 0 Å². The summed E-state index contributed by atoms with van der Waals surface area (Å²) in [5.41, 5.74) is 3.36. The van der Waals surface area contributed by atoms with Gasteiger partial charge in [0.25, 0.3) is 5.56 Å². The van der Waals surface area contributed by atoms with Crippen molar-refractivity contribution in [2.45, 2.75) is 71.0 Å². The Labute approximate surface area is 216 Å². The van der Waals surface area contributed by atoms with Crippen LogP contribution in [0.4, 0.5) is 0 Å². The van der Waals surface area contributed by atoms with E-state index in [2.05, 4.69) is 38.2 Å². The minimum Gasteiger partial charge on any atom is -0.458 e. The monoisotopic (exact) mass is 512 g/mol. The number of benzene rings is 1. The van der Waals surface area contributed by atoms with Crippen LogP contribution in [0.1, 0.15) is 49.8 Å². The molecule has 190 valence electrons. The van der Waals surface area contributed by atoms with E-state index >= 15 is 0 Å². The molecule has 0 radical (unpaired) electrons. The van der Waals surface area contributed by atoms with Gasteiger partial charge in [-0.25, -0.2) is 9.78 Å². The Morgan fingerprint density at radius 1 is 1.19 bits per heavy atom. The summed E-state index contributed by atoms with van der Waals surface area (Å²) in [6.45, 7) is 9.37. The third-order valence-corrected chi connectivity index (χ3v) is 14.8. The molecule has 3 aromatic rings. The molecule has 1 aromatic carbocycles. The number of para-hydroxylation sites is 1. The van der Waals surface area contributed by atoms with E-state index in [1.54, 1.807) is 4.57 Å². The van der Waals surface area contributed by atoms with Crippen LogP contribution in [0.15, 0.2) is 35.1 Å². The van der Waals surface area contributed by atoms with Crippen LogP contribution in [-0.4, -0.2) is 28.7 Å². The fourth-order valence-electron chi connectivity index (χ4n) is 9.56. The highest BCUT2D eigenvalue weighted by molar-refractivity contribution is 6.92. The third kappa shape index (κ3) is 2.40. The summed E-state index contributed by atoms with van der Waals surface area (Å²) >= 11 is 0. The largest absolute Gasteiger partial charge is 0.458 e. The first-order valence-electron chi connectivity index (χ1n) is 13.6. The number of hydrogen-bond acceptors (Lipinski definition) is 5. The Hall–Kier alpha value is -2.77. The van der Waals surface area contributed by atoms with E-state index < -0.39 is 19.6 Å². The van der Waals surface area contributed by atoms with Gasteiger partial charge >= 0.3 is 5.97 Å². The van der Waals surface area contributed by atoms with Crippen LogP contribution < -0.4 is 10.7 Å². The molecule has 6 nitrogen and oxygen atoms in total. The summed E-state index contributed by atoms with van der Waals surface area (Å²) in [5, 5.41) is 13.6. The third-order valence-electron chi connectivity index (χ3n) is 11.3. The maximum Gasteiger partial charge on any atom is 0.342 e. The first-order valence-corrected chi connectivity index (χ1v) is 16.8. The van der Waals surface area contributed by atoms with Gasteiger partial charge in [0.15, 0.2) is 5.60 Å². The number of aliphatic hydroxyl groups is 1. The van der Waals surface area contributed by atoms with Gasteiger partial charge in [-0.2, -0.15) is 0 Å². The van der Waals surface area contributed by atoms with Crippen molar-refractivity contribution in [2.24, 2.45) is 22.7 Å². The first kappa shape index (κ1) is 22.2. The van der Waals surface area contributed by atoms with E-state index in [1.807, 2.05) is 12.1 Å². The predicted molar refractivity (Wildman–Crippen MR) is 143 cm³/mol. The van der Waals surface area contributed by atoms with Gasteiger partial charge in [0.2, 0.25) is 0 Å². The van der Waals surface area contributed by atoms with Crippen LogP contribution in [-0.2, 0) is 28.3 Å². The molecule has 4 heterocycles. The molecule has 0 amide bonds. The molecular weight excluding hydrogens is 480 g/mol. The van der Waals surface area contributed by atoms with E-state index in [1.165, 1.54) is 42.8 Å². The van der Waals surface area contributed by atoms with Crippen LogP contribution in [0.3, 0.4) is 0 Å². The molecule has 7 heteroatoms. The molecule has 1 N–H and O–H groups in total. The topological polar surface area (TPSA) is 81.4 Å². The quantitative estimate of drug-likeness (QED) is 0.331. The smallest absolute Gasteiger partial charge is 0.342 e. The van der Waals surface area contributed by atoms with Gasteiger partial charge in [0.1, 0.15) is 6.61 Å². The van der Waals surface area contributed by atoms with Crippen LogP contribution in [0.5, 0.6) is 0 Å². The molecule has 5 aliphatic rings. The average Bonchev–Trinajstić information content (AvgIpc) is 3.09. The van der Waals surface area contributed by atoms with Crippen LogP contribution in [0.25, 0.3) is 22.3 Å². The molecule has 0 saturated heterocycles. The molecular formula is C30H32N2O4Si. The molecule has 2 aromatic heterocycles. The Morgan fingerprint density at radius 3 is 2.68 bits per heavy atom. The molecule has 37 heavy (non-hydrogen) atoms. The number of carbonyl (C=O) groups excluding carboxylic acids is 1. The molecule has 4 unspecified atom stereocenters. The number of carbonyl (C=O) groups is 1. The van der Waals surface area contributed by atoms with Crippen molar-refractivity contribution in [3.05, 3.63) is 57.4 Å². The standard InChI is InChI=1S/C30H32N2O4Si/c1-28-16-9-10-30(28,23(28)11-16)15-37(3,4)25-17-7-5-6-8-21(17)31-24-18(25)13-32-22(24)12-20-19(26(32)33)14-36-27(34)29(20,2)35/h5-8,12,16,23,35H,9-11,13-15H2,1-4H3/t16?,23?,28?,29-,30?/m0/s1. The lowest BCUT2D eigenvalue weighted by molar-refractivity contribution is -0.169. The van der Waals surface area contributed by atoms with Gasteiger partial charge in [-0.05, 0) is 83.2 Å². The number of esters is 1. The highest BCUT2D eigenvalue weighted by Gasteiger charge is 2.85. The Kier molecular flexibility index (Phi) is 3.87. The van der Waals surface area contributed by atoms with Crippen molar-refractivity contribution in [1.29, 1.82) is 0 Å². The van der Waals surface area contributed by atoms with Gasteiger partial charge in [-0.15, -0.1) is 0 Å². The SMILES string of the molecule is CC12C3CCC1(C[Si](C)(C)c1c4c(nc5ccccc15)-c1cc5c(c(=O)n1C4)COC(=O)[C@@]5(C)O)C2C3. The zero-order valence-corrected chi connectivity index (χ0v) is 22.9. The van der Waals surface area contributed by atoms with Crippen molar-refractivity contribution in [2.75, 3.05) is 0 Å². The van der Waals surface area contributed by atoms with Gasteiger partial charge in [-0.3, -0.25) is 4.79 Å². The van der Waals surface area contributed by atoms with Crippen molar-refractivity contribution in [1.82, 2.24) is 9.55 Å². The molecule has 3 saturated carbocycles. The number of fused-ring (bicyclic) bond motifs is 6. The lowest BCUT2D eigenvalue weighted by Gasteiger charge is -2.32. The maximum absolute atomic E-state index is 13.7. The average molecular weight is 513 g/mol. The molecule has 0 spiro atoms. The van der Waals surface area contributed by atoms with Gasteiger partial charge in [0.05, 0.1) is 37.1 Å². The van der Waals surface area contributed by atoms with E-state index in [0.717, 1.165) is 28.6 Å². The first-order chi connectivity index (χ1) is 17.5. The summed E-state index contributed by atoms with van der Waals surface area (Å²) in [6, 6.07) is 11.5. The number of nitrogens with zero attached hydrogens (tertiary/aromatic N) is 2. The summed E-state index contributed by atoms with van der Waals surface area (Å²) in [7, 11) is -1.97. The summed E-state index contributed by atoms with van der Waals surface area (Å²) in [5.74, 6) is 1.11. The number of rotatable bonds is 3. The molecule has 5 atom stereocenters. The molecule has 3 aliphatic carbocycles. The fraction of sp³-hybridized carbons (Fsp3) is 0.500. The Balaban J connectivity index is 1.34. The van der Waals surface area contributed by atoms with Crippen LogP contribution in [0.2, 0.25) is 19.1 Å². The normalized spacial score (nSPS) is 34.4. The van der Waals surface area contributed by atoms with Gasteiger partial charge in [-0.1, -0.05) is 38.2 Å². The van der Waals surface area contributed by atoms with Crippen molar-refractivity contribution in [3.8, 4) is 11.4 Å². The summed E-state index contributed by atoms with van der Waals surface area (Å²) in [4.78, 5) is 31.1. The second-order valence-corrected chi connectivity index (χ2v) is 17.9. The number of pyridine rings is 2. The predicted octanol–water partition coefficient (Wildman–Crippen LogP) is 4.04. The zero-order valence-electron chi connectivity index (χ0n) is 21.9. The van der Waals surface area contributed by atoms with E-state index in [-0.39, 0.29) is 12.2 Å². The Morgan fingerprint density at radius 2 is 1.97 bits per heavy atom. The summed E-state index contributed by atoms with van der Waals surface area (Å²) in [6.07, 6.45) is 4.18. The van der Waals surface area contributed by atoms with Crippen molar-refractivity contribution in [3.63, 3.8) is 0 Å².